The largest absolute Gasteiger partial charge is 0.365 e. The Labute approximate surface area is 190 Å². The molecule has 31 heavy (non-hydrogen) atoms. The van der Waals surface area contributed by atoms with Gasteiger partial charge < -0.3 is 10.6 Å². The Morgan fingerprint density at radius 2 is 1.97 bits per heavy atom. The lowest BCUT2D eigenvalue weighted by Crippen LogP contribution is -2.27. The predicted octanol–water partition coefficient (Wildman–Crippen LogP) is 4.42. The van der Waals surface area contributed by atoms with E-state index < -0.39 is 0 Å². The highest BCUT2D eigenvalue weighted by Gasteiger charge is 2.12. The second kappa shape index (κ2) is 9.40. The Balaban J connectivity index is 1.41. The number of fused-ring (bicyclic) bond motifs is 1. The van der Waals surface area contributed by atoms with Crippen LogP contribution in [0.1, 0.15) is 15.9 Å². The maximum absolute atomic E-state index is 13.1. The molecule has 0 atom stereocenters. The summed E-state index contributed by atoms with van der Waals surface area (Å²) < 4.78 is 15.5. The minimum Gasteiger partial charge on any atom is -0.365 e. The van der Waals surface area contributed by atoms with E-state index in [4.69, 9.17) is 11.6 Å². The van der Waals surface area contributed by atoms with Gasteiger partial charge >= 0.3 is 0 Å². The lowest BCUT2D eigenvalue weighted by molar-refractivity contribution is 0.0952. The van der Waals surface area contributed by atoms with Gasteiger partial charge in [-0.2, -0.15) is 5.10 Å². The van der Waals surface area contributed by atoms with Crippen molar-refractivity contribution in [3.63, 3.8) is 0 Å². The minimum absolute atomic E-state index is 0.265. The molecule has 0 spiro atoms. The number of nitrogens with one attached hydrogen (secondary N) is 2. The van der Waals surface area contributed by atoms with E-state index in [0.29, 0.717) is 41.7 Å². The lowest BCUT2D eigenvalue weighted by atomic mass is 10.2. The van der Waals surface area contributed by atoms with Crippen LogP contribution >= 0.6 is 27.5 Å². The van der Waals surface area contributed by atoms with Crippen LogP contribution in [0.25, 0.3) is 11.0 Å². The van der Waals surface area contributed by atoms with Gasteiger partial charge in [0.1, 0.15) is 18.0 Å². The number of amides is 1. The third-order valence-electron chi connectivity index (χ3n) is 4.59. The van der Waals surface area contributed by atoms with Gasteiger partial charge in [0.15, 0.2) is 5.65 Å². The Morgan fingerprint density at radius 1 is 1.16 bits per heavy atom. The summed E-state index contributed by atoms with van der Waals surface area (Å²) in [5.74, 6) is 0.0910. The number of aromatic nitrogens is 4. The molecule has 0 bridgehead atoms. The molecule has 2 heterocycles. The summed E-state index contributed by atoms with van der Waals surface area (Å²) >= 11 is 9.44. The quantitative estimate of drug-likeness (QED) is 0.390. The smallest absolute Gasteiger partial charge is 0.252 e. The summed E-state index contributed by atoms with van der Waals surface area (Å²) in [6, 6.07) is 11.4. The summed E-state index contributed by atoms with van der Waals surface area (Å²) in [6.45, 7) is 1.26. The van der Waals surface area contributed by atoms with E-state index >= 15 is 0 Å². The van der Waals surface area contributed by atoms with Crippen molar-refractivity contribution in [2.24, 2.45) is 0 Å². The number of nitrogens with zero attached hydrogens (tertiary/aromatic N) is 4. The second-order valence-electron chi connectivity index (χ2n) is 6.69. The van der Waals surface area contributed by atoms with Gasteiger partial charge in [-0.1, -0.05) is 39.7 Å². The van der Waals surface area contributed by atoms with E-state index in [1.165, 1.54) is 18.5 Å². The molecule has 1 amide bonds. The van der Waals surface area contributed by atoms with Gasteiger partial charge in [-0.05, 0) is 35.9 Å². The molecule has 4 aromatic rings. The normalized spacial score (nSPS) is 10.9. The number of hydrogen-bond donors (Lipinski definition) is 2. The number of hydrogen-bond acceptors (Lipinski definition) is 5. The van der Waals surface area contributed by atoms with Crippen LogP contribution in [0, 0.1) is 5.82 Å². The standard InChI is InChI=1S/C21H17BrClFN6O/c22-14-3-6-18(23)16(9-14)21(31)25-7-8-30-20-17(11-29-30)19(27-12-28-20)26-10-13-1-4-15(24)5-2-13/h1-6,9,11-12H,7-8,10H2,(H,25,31)(H,26,27,28). The molecule has 4 rings (SSSR count). The highest BCUT2D eigenvalue weighted by Crippen LogP contribution is 2.21. The van der Waals surface area contributed by atoms with Crippen LogP contribution < -0.4 is 10.6 Å². The first-order valence-electron chi connectivity index (χ1n) is 9.39. The van der Waals surface area contributed by atoms with Crippen molar-refractivity contribution in [3.05, 3.63) is 81.4 Å². The number of carbonyl (C=O) groups is 1. The molecule has 0 radical (unpaired) electrons. The monoisotopic (exact) mass is 502 g/mol. The van der Waals surface area contributed by atoms with Gasteiger partial charge in [0, 0.05) is 17.6 Å². The molecule has 0 aliphatic rings. The van der Waals surface area contributed by atoms with Crippen LogP contribution in [-0.2, 0) is 13.1 Å². The summed E-state index contributed by atoms with van der Waals surface area (Å²) in [5, 5.41) is 11.6. The van der Waals surface area contributed by atoms with Crippen LogP contribution in [0.3, 0.4) is 0 Å². The number of halogens is 3. The minimum atomic E-state index is -0.274. The topological polar surface area (TPSA) is 84.7 Å². The molecule has 0 aliphatic heterocycles. The molecule has 2 N–H and O–H groups in total. The number of anilines is 1. The van der Waals surface area contributed by atoms with E-state index in [2.05, 4.69) is 41.6 Å². The van der Waals surface area contributed by atoms with Crippen LogP contribution in [0.5, 0.6) is 0 Å². The zero-order chi connectivity index (χ0) is 21.8. The third-order valence-corrected chi connectivity index (χ3v) is 5.41. The van der Waals surface area contributed by atoms with Crippen molar-refractivity contribution >= 4 is 50.3 Å². The SMILES string of the molecule is O=C(NCCn1ncc2c(NCc3ccc(F)cc3)ncnc21)c1cc(Br)ccc1Cl. The van der Waals surface area contributed by atoms with Crippen molar-refractivity contribution in [1.82, 2.24) is 25.1 Å². The summed E-state index contributed by atoms with van der Waals surface area (Å²) in [5.41, 5.74) is 1.97. The van der Waals surface area contributed by atoms with Crippen LogP contribution in [0.4, 0.5) is 10.2 Å². The Hall–Kier alpha value is -3.04. The van der Waals surface area contributed by atoms with E-state index in [1.807, 2.05) is 0 Å². The van der Waals surface area contributed by atoms with E-state index in [1.54, 1.807) is 41.2 Å². The highest BCUT2D eigenvalue weighted by atomic mass is 79.9. The van der Waals surface area contributed by atoms with Crippen molar-refractivity contribution in [3.8, 4) is 0 Å². The number of carbonyl (C=O) groups excluding carboxylic acids is 1. The third kappa shape index (κ3) is 5.00. The molecule has 0 fully saturated rings. The van der Waals surface area contributed by atoms with Gasteiger partial charge in [0.05, 0.1) is 28.7 Å². The average molecular weight is 504 g/mol. The summed E-state index contributed by atoms with van der Waals surface area (Å²) in [4.78, 5) is 21.0. The van der Waals surface area contributed by atoms with Gasteiger partial charge in [-0.25, -0.2) is 19.0 Å². The highest BCUT2D eigenvalue weighted by molar-refractivity contribution is 9.10. The van der Waals surface area contributed by atoms with Crippen molar-refractivity contribution in [2.45, 2.75) is 13.1 Å². The molecule has 0 saturated carbocycles. The maximum atomic E-state index is 13.1. The van der Waals surface area contributed by atoms with Gasteiger partial charge in [0.2, 0.25) is 0 Å². The molecule has 10 heteroatoms. The number of rotatable bonds is 7. The molecule has 0 saturated heterocycles. The fourth-order valence-electron chi connectivity index (χ4n) is 3.03. The Bertz CT molecular complexity index is 1230. The molecule has 2 aromatic carbocycles. The van der Waals surface area contributed by atoms with E-state index in [9.17, 15) is 9.18 Å². The zero-order valence-electron chi connectivity index (χ0n) is 16.1. The average Bonchev–Trinajstić information content (AvgIpc) is 3.18. The van der Waals surface area contributed by atoms with Crippen molar-refractivity contribution in [2.75, 3.05) is 11.9 Å². The van der Waals surface area contributed by atoms with E-state index in [-0.39, 0.29) is 11.7 Å². The Morgan fingerprint density at radius 3 is 2.77 bits per heavy atom. The molecule has 158 valence electrons. The molecule has 0 aliphatic carbocycles. The first kappa shape index (κ1) is 21.2. The number of benzene rings is 2. The summed E-state index contributed by atoms with van der Waals surface area (Å²) in [7, 11) is 0. The van der Waals surface area contributed by atoms with Crippen LogP contribution in [0.15, 0.2) is 59.5 Å². The molecule has 2 aromatic heterocycles. The Kier molecular flexibility index (Phi) is 6.43. The zero-order valence-corrected chi connectivity index (χ0v) is 18.5. The molecular formula is C21H17BrClFN6O. The molecule has 7 nitrogen and oxygen atoms in total. The maximum Gasteiger partial charge on any atom is 0.252 e. The molecular weight excluding hydrogens is 487 g/mol. The summed E-state index contributed by atoms with van der Waals surface area (Å²) in [6.07, 6.45) is 3.13. The fraction of sp³-hybridized carbons (Fsp3) is 0.143. The van der Waals surface area contributed by atoms with Crippen molar-refractivity contribution < 1.29 is 9.18 Å². The predicted molar refractivity (Wildman–Crippen MR) is 121 cm³/mol. The lowest BCUT2D eigenvalue weighted by Gasteiger charge is -2.09. The first-order chi connectivity index (χ1) is 15.0. The van der Waals surface area contributed by atoms with E-state index in [0.717, 1.165) is 15.4 Å². The fourth-order valence-corrected chi connectivity index (χ4v) is 3.59. The van der Waals surface area contributed by atoms with Crippen LogP contribution in [-0.4, -0.2) is 32.2 Å². The van der Waals surface area contributed by atoms with Crippen molar-refractivity contribution in [1.29, 1.82) is 0 Å². The first-order valence-corrected chi connectivity index (χ1v) is 10.6. The molecule has 0 unspecified atom stereocenters. The van der Waals surface area contributed by atoms with Gasteiger partial charge in [-0.3, -0.25) is 4.79 Å². The van der Waals surface area contributed by atoms with Gasteiger partial charge in [0.25, 0.3) is 5.91 Å². The second-order valence-corrected chi connectivity index (χ2v) is 8.01. The van der Waals surface area contributed by atoms with Gasteiger partial charge in [-0.15, -0.1) is 0 Å². The van der Waals surface area contributed by atoms with Crippen LogP contribution in [0.2, 0.25) is 5.02 Å².